The fourth-order valence-electron chi connectivity index (χ4n) is 2.36. The Labute approximate surface area is 121 Å². The van der Waals surface area contributed by atoms with Crippen molar-refractivity contribution < 1.29 is 4.52 Å². The lowest BCUT2D eigenvalue weighted by molar-refractivity contribution is 0.353. The fraction of sp³-hybridized carbons (Fsp3) is 0.647. The van der Waals surface area contributed by atoms with Gasteiger partial charge in [-0.2, -0.15) is 0 Å². The predicted molar refractivity (Wildman–Crippen MR) is 87.4 cm³/mol. The Morgan fingerprint density at radius 1 is 0.895 bits per heavy atom. The van der Waals surface area contributed by atoms with Gasteiger partial charge in [-0.25, -0.2) is 0 Å². The zero-order valence-electron chi connectivity index (χ0n) is 12.5. The van der Waals surface area contributed by atoms with Gasteiger partial charge in [0, 0.05) is 9.47 Å². The Kier molecular flexibility index (Phi) is 9.12. The van der Waals surface area contributed by atoms with Gasteiger partial charge in [-0.3, -0.25) is 0 Å². The van der Waals surface area contributed by atoms with Crippen molar-refractivity contribution in [2.75, 3.05) is 6.61 Å². The summed E-state index contributed by atoms with van der Waals surface area (Å²) in [5.41, 5.74) is 2.96. The summed E-state index contributed by atoms with van der Waals surface area (Å²) in [5.74, 6) is 0.747. The van der Waals surface area contributed by atoms with E-state index in [2.05, 4.69) is 47.6 Å². The first kappa shape index (κ1) is 16.7. The van der Waals surface area contributed by atoms with Crippen LogP contribution in [0.5, 0.6) is 0 Å². The van der Waals surface area contributed by atoms with E-state index in [1.165, 1.54) is 56.1 Å². The lowest BCUT2D eigenvalue weighted by Crippen LogP contribution is -1.94. The minimum Gasteiger partial charge on any atom is -0.366 e. The van der Waals surface area contributed by atoms with Gasteiger partial charge in [-0.15, -0.1) is 0 Å². The minimum absolute atomic E-state index is 0.747. The maximum atomic E-state index is 4.97. The van der Waals surface area contributed by atoms with Gasteiger partial charge in [0.2, 0.25) is 0 Å². The SMILES string of the molecule is CC(C)Cc1ccc(CCCCCCCOP)cc1. The van der Waals surface area contributed by atoms with Crippen LogP contribution < -0.4 is 0 Å². The van der Waals surface area contributed by atoms with Crippen LogP contribution in [0.25, 0.3) is 0 Å². The third kappa shape index (κ3) is 8.39. The Bertz CT molecular complexity index is 319. The van der Waals surface area contributed by atoms with E-state index in [9.17, 15) is 0 Å². The van der Waals surface area contributed by atoms with Crippen LogP contribution in [-0.4, -0.2) is 6.61 Å². The summed E-state index contributed by atoms with van der Waals surface area (Å²) in [6, 6.07) is 9.21. The molecule has 1 aromatic rings. The maximum absolute atomic E-state index is 4.97. The van der Waals surface area contributed by atoms with Gasteiger partial charge in [0.15, 0.2) is 0 Å². The van der Waals surface area contributed by atoms with Crippen molar-refractivity contribution >= 4 is 9.47 Å². The molecule has 0 radical (unpaired) electrons. The maximum Gasteiger partial charge on any atom is 0.0501 e. The van der Waals surface area contributed by atoms with Gasteiger partial charge >= 0.3 is 0 Å². The third-order valence-corrected chi connectivity index (χ3v) is 3.63. The number of hydrogen-bond donors (Lipinski definition) is 0. The molecule has 0 bridgehead atoms. The third-order valence-electron chi connectivity index (χ3n) is 3.39. The zero-order valence-corrected chi connectivity index (χ0v) is 13.7. The molecule has 0 N–H and O–H groups in total. The minimum atomic E-state index is 0.747. The van der Waals surface area contributed by atoms with E-state index >= 15 is 0 Å². The lowest BCUT2D eigenvalue weighted by atomic mass is 10.00. The first-order valence-corrected chi connectivity index (χ1v) is 8.09. The molecule has 108 valence electrons. The van der Waals surface area contributed by atoms with Crippen molar-refractivity contribution in [1.29, 1.82) is 0 Å². The van der Waals surface area contributed by atoms with Gasteiger partial charge in [0.05, 0.1) is 6.61 Å². The Balaban J connectivity index is 2.12. The molecule has 1 rings (SSSR count). The van der Waals surface area contributed by atoms with E-state index < -0.39 is 0 Å². The predicted octanol–water partition coefficient (Wildman–Crippen LogP) is 5.18. The highest BCUT2D eigenvalue weighted by molar-refractivity contribution is 7.09. The van der Waals surface area contributed by atoms with E-state index in [1.54, 1.807) is 0 Å². The molecule has 0 aliphatic carbocycles. The molecule has 0 spiro atoms. The van der Waals surface area contributed by atoms with Crippen LogP contribution >= 0.6 is 9.47 Å². The van der Waals surface area contributed by atoms with E-state index in [4.69, 9.17) is 4.52 Å². The summed E-state index contributed by atoms with van der Waals surface area (Å²) >= 11 is 0. The van der Waals surface area contributed by atoms with Gasteiger partial charge < -0.3 is 4.52 Å². The average Bonchev–Trinajstić information content (AvgIpc) is 2.39. The van der Waals surface area contributed by atoms with Gasteiger partial charge in [0.25, 0.3) is 0 Å². The molecule has 1 aromatic carbocycles. The van der Waals surface area contributed by atoms with Crippen molar-refractivity contribution in [3.05, 3.63) is 35.4 Å². The van der Waals surface area contributed by atoms with Gasteiger partial charge in [-0.1, -0.05) is 57.4 Å². The monoisotopic (exact) mass is 280 g/mol. The second-order valence-corrected chi connectivity index (χ2v) is 6.14. The first-order valence-electron chi connectivity index (χ1n) is 7.62. The molecule has 0 aliphatic heterocycles. The molecule has 1 unspecified atom stereocenters. The summed E-state index contributed by atoms with van der Waals surface area (Å²) in [6.07, 6.45) is 8.88. The lowest BCUT2D eigenvalue weighted by Gasteiger charge is -2.06. The normalized spacial score (nSPS) is 11.2. The molecule has 0 saturated heterocycles. The highest BCUT2D eigenvalue weighted by Crippen LogP contribution is 2.13. The molecule has 0 aromatic heterocycles. The van der Waals surface area contributed by atoms with Crippen molar-refractivity contribution in [1.82, 2.24) is 0 Å². The van der Waals surface area contributed by atoms with Crippen LogP contribution in [-0.2, 0) is 17.4 Å². The quantitative estimate of drug-likeness (QED) is 0.423. The number of unbranched alkanes of at least 4 members (excludes halogenated alkanes) is 4. The number of hydrogen-bond acceptors (Lipinski definition) is 1. The fourth-order valence-corrected chi connectivity index (χ4v) is 2.52. The first-order chi connectivity index (χ1) is 9.22. The van der Waals surface area contributed by atoms with Crippen LogP contribution in [0.1, 0.15) is 57.1 Å². The molecule has 19 heavy (non-hydrogen) atoms. The summed E-state index contributed by atoms with van der Waals surface area (Å²) < 4.78 is 4.97. The molecule has 0 heterocycles. The molecule has 0 saturated carbocycles. The van der Waals surface area contributed by atoms with Crippen molar-refractivity contribution in [2.24, 2.45) is 5.92 Å². The summed E-state index contributed by atoms with van der Waals surface area (Å²) in [5, 5.41) is 0. The number of aryl methyl sites for hydroxylation is 1. The molecular weight excluding hydrogens is 251 g/mol. The van der Waals surface area contributed by atoms with E-state index in [0.717, 1.165) is 12.5 Å². The topological polar surface area (TPSA) is 9.23 Å². The molecule has 0 fully saturated rings. The van der Waals surface area contributed by atoms with E-state index in [1.807, 2.05) is 0 Å². The van der Waals surface area contributed by atoms with Gasteiger partial charge in [0.1, 0.15) is 0 Å². The van der Waals surface area contributed by atoms with Crippen LogP contribution in [0.2, 0.25) is 0 Å². The Hall–Kier alpha value is -0.390. The van der Waals surface area contributed by atoms with Crippen molar-refractivity contribution in [3.8, 4) is 0 Å². The molecule has 0 aliphatic rings. The zero-order chi connectivity index (χ0) is 13.9. The average molecular weight is 280 g/mol. The molecule has 0 amide bonds. The van der Waals surface area contributed by atoms with Crippen molar-refractivity contribution in [3.63, 3.8) is 0 Å². The van der Waals surface area contributed by atoms with Crippen LogP contribution in [0.3, 0.4) is 0 Å². The van der Waals surface area contributed by atoms with Gasteiger partial charge in [-0.05, 0) is 42.7 Å². The molecule has 1 atom stereocenters. The van der Waals surface area contributed by atoms with Crippen LogP contribution in [0.4, 0.5) is 0 Å². The van der Waals surface area contributed by atoms with Crippen molar-refractivity contribution in [2.45, 2.75) is 58.8 Å². The summed E-state index contributed by atoms with van der Waals surface area (Å²) in [4.78, 5) is 0. The van der Waals surface area contributed by atoms with Crippen LogP contribution in [0, 0.1) is 5.92 Å². The number of benzene rings is 1. The Morgan fingerprint density at radius 2 is 1.47 bits per heavy atom. The smallest absolute Gasteiger partial charge is 0.0501 e. The molecule has 1 nitrogen and oxygen atoms in total. The highest BCUT2D eigenvalue weighted by Gasteiger charge is 1.98. The second kappa shape index (κ2) is 10.4. The summed E-state index contributed by atoms with van der Waals surface area (Å²) in [6.45, 7) is 5.42. The van der Waals surface area contributed by atoms with E-state index in [-0.39, 0.29) is 0 Å². The highest BCUT2D eigenvalue weighted by atomic mass is 31.0. The Morgan fingerprint density at radius 3 is 2.11 bits per heavy atom. The largest absolute Gasteiger partial charge is 0.366 e. The number of rotatable bonds is 10. The molecular formula is C17H29OP. The van der Waals surface area contributed by atoms with Crippen LogP contribution in [0.15, 0.2) is 24.3 Å². The van der Waals surface area contributed by atoms with E-state index in [0.29, 0.717) is 0 Å². The standard InChI is InChI=1S/C17H29OP/c1-15(2)14-17-11-9-16(10-12-17)8-6-4-3-5-7-13-18-19/h9-12,15H,3-8,13-14,19H2,1-2H3. The molecule has 2 heteroatoms. The second-order valence-electron chi connectivity index (χ2n) is 5.80. The summed E-state index contributed by atoms with van der Waals surface area (Å²) in [7, 11) is 2.32.